The normalized spacial score (nSPS) is 29.0. The number of carbonyl (C=O) groups excluding carboxylic acids is 1. The van der Waals surface area contributed by atoms with Crippen molar-refractivity contribution in [3.63, 3.8) is 0 Å². The van der Waals surface area contributed by atoms with Gasteiger partial charge in [-0.1, -0.05) is 6.07 Å². The van der Waals surface area contributed by atoms with Crippen molar-refractivity contribution in [2.75, 3.05) is 26.3 Å². The van der Waals surface area contributed by atoms with Gasteiger partial charge in [-0.2, -0.15) is 0 Å². The highest BCUT2D eigenvalue weighted by molar-refractivity contribution is 5.79. The number of aromatic nitrogens is 1. The molecule has 1 amide bonds. The Balaban J connectivity index is 1.69. The molecule has 1 N–H and O–H groups in total. The Labute approximate surface area is 132 Å². The van der Waals surface area contributed by atoms with Crippen molar-refractivity contribution in [1.29, 1.82) is 0 Å². The fourth-order valence-corrected chi connectivity index (χ4v) is 3.64. The van der Waals surface area contributed by atoms with Crippen LogP contribution in [-0.4, -0.2) is 48.1 Å². The van der Waals surface area contributed by atoms with E-state index < -0.39 is 0 Å². The first-order valence-corrected chi connectivity index (χ1v) is 8.30. The SMILES string of the molecule is CCN1C(=O)C[C@@H](CNC2CCCOC2)[C@@H]1c1cccnc1. The van der Waals surface area contributed by atoms with Gasteiger partial charge in [-0.3, -0.25) is 9.78 Å². The molecule has 3 heterocycles. The number of nitrogens with one attached hydrogen (secondary N) is 1. The first kappa shape index (κ1) is 15.4. The lowest BCUT2D eigenvalue weighted by Crippen LogP contribution is -2.40. The van der Waals surface area contributed by atoms with Crippen molar-refractivity contribution in [1.82, 2.24) is 15.2 Å². The summed E-state index contributed by atoms with van der Waals surface area (Å²) in [6, 6.07) is 4.60. The summed E-state index contributed by atoms with van der Waals surface area (Å²) < 4.78 is 5.52. The molecule has 3 atom stereocenters. The molecular weight excluding hydrogens is 278 g/mol. The van der Waals surface area contributed by atoms with Gasteiger partial charge in [0.2, 0.25) is 5.91 Å². The molecular formula is C17H25N3O2. The maximum atomic E-state index is 12.3. The van der Waals surface area contributed by atoms with Gasteiger partial charge in [0.05, 0.1) is 12.6 Å². The predicted octanol–water partition coefficient (Wildman–Crippen LogP) is 1.76. The highest BCUT2D eigenvalue weighted by atomic mass is 16.5. The predicted molar refractivity (Wildman–Crippen MR) is 84.3 cm³/mol. The van der Waals surface area contributed by atoms with Crippen molar-refractivity contribution >= 4 is 5.91 Å². The van der Waals surface area contributed by atoms with Crippen LogP contribution in [0.1, 0.15) is 37.8 Å². The fourth-order valence-electron chi connectivity index (χ4n) is 3.64. The molecule has 1 aromatic rings. The third-order valence-corrected chi connectivity index (χ3v) is 4.74. The van der Waals surface area contributed by atoms with Gasteiger partial charge >= 0.3 is 0 Å². The summed E-state index contributed by atoms with van der Waals surface area (Å²) >= 11 is 0. The van der Waals surface area contributed by atoms with Crippen molar-refractivity contribution in [3.05, 3.63) is 30.1 Å². The number of hydrogen-bond donors (Lipinski definition) is 1. The van der Waals surface area contributed by atoms with Crippen LogP contribution in [0.2, 0.25) is 0 Å². The Kier molecular flexibility index (Phi) is 5.05. The lowest BCUT2D eigenvalue weighted by atomic mass is 9.94. The van der Waals surface area contributed by atoms with Crippen LogP contribution in [0, 0.1) is 5.92 Å². The van der Waals surface area contributed by atoms with E-state index in [9.17, 15) is 4.79 Å². The number of carbonyl (C=O) groups is 1. The maximum Gasteiger partial charge on any atom is 0.223 e. The topological polar surface area (TPSA) is 54.5 Å². The Hall–Kier alpha value is -1.46. The van der Waals surface area contributed by atoms with E-state index in [2.05, 4.69) is 16.4 Å². The van der Waals surface area contributed by atoms with E-state index in [1.54, 1.807) is 6.20 Å². The summed E-state index contributed by atoms with van der Waals surface area (Å²) in [5.74, 6) is 0.557. The lowest BCUT2D eigenvalue weighted by molar-refractivity contribution is -0.128. The van der Waals surface area contributed by atoms with Crippen molar-refractivity contribution in [2.45, 2.75) is 38.3 Å². The smallest absolute Gasteiger partial charge is 0.223 e. The van der Waals surface area contributed by atoms with Crippen LogP contribution in [0.15, 0.2) is 24.5 Å². The number of hydrogen-bond acceptors (Lipinski definition) is 4. The second kappa shape index (κ2) is 7.20. The van der Waals surface area contributed by atoms with E-state index in [4.69, 9.17) is 4.74 Å². The van der Waals surface area contributed by atoms with Crippen LogP contribution in [-0.2, 0) is 9.53 Å². The summed E-state index contributed by atoms with van der Waals surface area (Å²) in [6.45, 7) is 5.32. The quantitative estimate of drug-likeness (QED) is 0.900. The summed E-state index contributed by atoms with van der Waals surface area (Å²) in [7, 11) is 0. The molecule has 0 bridgehead atoms. The molecule has 2 saturated heterocycles. The van der Waals surface area contributed by atoms with Gasteiger partial charge in [-0.05, 0) is 31.4 Å². The molecule has 0 aliphatic carbocycles. The van der Waals surface area contributed by atoms with Gasteiger partial charge in [-0.15, -0.1) is 0 Å². The molecule has 1 aromatic heterocycles. The van der Waals surface area contributed by atoms with Crippen LogP contribution in [0.4, 0.5) is 0 Å². The molecule has 5 heteroatoms. The Bertz CT molecular complexity index is 488. The summed E-state index contributed by atoms with van der Waals surface area (Å²) in [5.41, 5.74) is 1.14. The average Bonchev–Trinajstić information content (AvgIpc) is 2.90. The number of likely N-dealkylation sites (tertiary alicyclic amines) is 1. The second-order valence-electron chi connectivity index (χ2n) is 6.20. The Morgan fingerprint density at radius 1 is 1.50 bits per heavy atom. The minimum absolute atomic E-state index is 0.142. The third-order valence-electron chi connectivity index (χ3n) is 4.74. The van der Waals surface area contributed by atoms with E-state index in [0.717, 1.165) is 44.7 Å². The van der Waals surface area contributed by atoms with Crippen LogP contribution in [0.25, 0.3) is 0 Å². The summed E-state index contributed by atoms with van der Waals surface area (Å²) in [5, 5.41) is 3.60. The standard InChI is InChI=1S/C17H25N3O2/c1-2-20-16(21)9-14(11-19-15-6-4-8-22-12-15)17(20)13-5-3-7-18-10-13/h3,5,7,10,14-15,17,19H,2,4,6,8-9,11-12H2,1H3/t14-,15?,17-/m0/s1. The van der Waals surface area contributed by atoms with Gasteiger partial charge < -0.3 is 15.0 Å². The van der Waals surface area contributed by atoms with Crippen molar-refractivity contribution in [3.8, 4) is 0 Å². The highest BCUT2D eigenvalue weighted by Crippen LogP contribution is 2.37. The fraction of sp³-hybridized carbons (Fsp3) is 0.647. The lowest BCUT2D eigenvalue weighted by Gasteiger charge is -2.29. The molecule has 2 fully saturated rings. The summed E-state index contributed by atoms with van der Waals surface area (Å²) in [6.07, 6.45) is 6.57. The van der Waals surface area contributed by atoms with E-state index in [0.29, 0.717) is 18.4 Å². The van der Waals surface area contributed by atoms with Crippen molar-refractivity contribution < 1.29 is 9.53 Å². The minimum Gasteiger partial charge on any atom is -0.380 e. The molecule has 0 radical (unpaired) electrons. The zero-order valence-electron chi connectivity index (χ0n) is 13.2. The van der Waals surface area contributed by atoms with Crippen molar-refractivity contribution in [2.24, 2.45) is 5.92 Å². The number of amides is 1. The molecule has 2 aliphatic rings. The molecule has 120 valence electrons. The maximum absolute atomic E-state index is 12.3. The number of rotatable bonds is 5. The molecule has 1 unspecified atom stereocenters. The van der Waals surface area contributed by atoms with Gasteiger partial charge in [0.1, 0.15) is 0 Å². The molecule has 2 aliphatic heterocycles. The van der Waals surface area contributed by atoms with Gasteiger partial charge in [0, 0.05) is 50.5 Å². The molecule has 0 aromatic carbocycles. The van der Waals surface area contributed by atoms with Gasteiger partial charge in [0.25, 0.3) is 0 Å². The summed E-state index contributed by atoms with van der Waals surface area (Å²) in [4.78, 5) is 18.5. The van der Waals surface area contributed by atoms with Crippen LogP contribution in [0.3, 0.4) is 0 Å². The largest absolute Gasteiger partial charge is 0.380 e. The number of ether oxygens (including phenoxy) is 1. The Morgan fingerprint density at radius 3 is 3.09 bits per heavy atom. The van der Waals surface area contributed by atoms with E-state index in [-0.39, 0.29) is 11.9 Å². The zero-order chi connectivity index (χ0) is 15.4. The first-order valence-electron chi connectivity index (χ1n) is 8.30. The minimum atomic E-state index is 0.142. The molecule has 3 rings (SSSR count). The average molecular weight is 303 g/mol. The van der Waals surface area contributed by atoms with Crippen LogP contribution >= 0.6 is 0 Å². The Morgan fingerprint density at radius 2 is 2.41 bits per heavy atom. The molecule has 0 spiro atoms. The third kappa shape index (κ3) is 3.31. The molecule has 5 nitrogen and oxygen atoms in total. The monoisotopic (exact) mass is 303 g/mol. The molecule has 22 heavy (non-hydrogen) atoms. The van der Waals surface area contributed by atoms with Gasteiger partial charge in [0.15, 0.2) is 0 Å². The first-order chi connectivity index (χ1) is 10.8. The van der Waals surface area contributed by atoms with E-state index in [1.165, 1.54) is 0 Å². The zero-order valence-corrected chi connectivity index (χ0v) is 13.2. The number of nitrogens with zero attached hydrogens (tertiary/aromatic N) is 2. The second-order valence-corrected chi connectivity index (χ2v) is 6.20. The molecule has 0 saturated carbocycles. The van der Waals surface area contributed by atoms with E-state index in [1.807, 2.05) is 24.1 Å². The number of pyridine rings is 1. The van der Waals surface area contributed by atoms with Crippen LogP contribution < -0.4 is 5.32 Å². The van der Waals surface area contributed by atoms with Gasteiger partial charge in [-0.25, -0.2) is 0 Å². The van der Waals surface area contributed by atoms with Crippen LogP contribution in [0.5, 0.6) is 0 Å². The van der Waals surface area contributed by atoms with E-state index >= 15 is 0 Å². The highest BCUT2D eigenvalue weighted by Gasteiger charge is 2.39.